The molecule has 7 heavy (non-hydrogen) atoms. The molecule has 1 N–H and O–H groups in total. The maximum atomic E-state index is 8.87. The number of aliphatic hydroxyl groups is 1. The third kappa shape index (κ3) is 0.924. The molecule has 1 aliphatic heterocycles. The van der Waals surface area contributed by atoms with Crippen molar-refractivity contribution in [3.05, 3.63) is 0 Å². The van der Waals surface area contributed by atoms with Gasteiger partial charge in [-0.2, -0.15) is 0 Å². The van der Waals surface area contributed by atoms with E-state index in [1.807, 2.05) is 6.92 Å². The SMILES string of the molecule is C[C@@H]1COCC1O. The minimum atomic E-state index is -0.208. The molecule has 0 saturated carbocycles. The van der Waals surface area contributed by atoms with Gasteiger partial charge in [-0.15, -0.1) is 0 Å². The summed E-state index contributed by atoms with van der Waals surface area (Å²) in [7, 11) is 0. The molecule has 2 heteroatoms. The van der Waals surface area contributed by atoms with Crippen LogP contribution in [0.15, 0.2) is 0 Å². The molecule has 0 bridgehead atoms. The average molecular weight is 102 g/mol. The van der Waals surface area contributed by atoms with Gasteiger partial charge in [0.2, 0.25) is 0 Å². The van der Waals surface area contributed by atoms with Gasteiger partial charge in [0.1, 0.15) is 0 Å². The summed E-state index contributed by atoms with van der Waals surface area (Å²) in [6.45, 7) is 3.24. The molecule has 1 aliphatic rings. The van der Waals surface area contributed by atoms with Crippen LogP contribution in [0.3, 0.4) is 0 Å². The Balaban J connectivity index is 2.33. The van der Waals surface area contributed by atoms with Gasteiger partial charge in [-0.1, -0.05) is 6.92 Å². The smallest absolute Gasteiger partial charge is 0.0821 e. The van der Waals surface area contributed by atoms with Crippen LogP contribution in [0.25, 0.3) is 0 Å². The van der Waals surface area contributed by atoms with E-state index in [-0.39, 0.29) is 6.10 Å². The second-order valence-electron chi connectivity index (χ2n) is 2.08. The van der Waals surface area contributed by atoms with Crippen LogP contribution in [0, 0.1) is 5.92 Å². The summed E-state index contributed by atoms with van der Waals surface area (Å²) < 4.78 is 4.92. The molecule has 1 fully saturated rings. The number of aliphatic hydroxyl groups excluding tert-OH is 1. The predicted octanol–water partition coefficient (Wildman–Crippen LogP) is 0.0136. The van der Waals surface area contributed by atoms with Crippen molar-refractivity contribution in [3.8, 4) is 0 Å². The molecule has 2 nitrogen and oxygen atoms in total. The first-order valence-electron chi connectivity index (χ1n) is 2.56. The van der Waals surface area contributed by atoms with Crippen LogP contribution in [-0.4, -0.2) is 24.4 Å². The van der Waals surface area contributed by atoms with E-state index < -0.39 is 0 Å². The molecule has 0 amide bonds. The highest BCUT2D eigenvalue weighted by Gasteiger charge is 2.20. The van der Waals surface area contributed by atoms with Crippen LogP contribution in [0.4, 0.5) is 0 Å². The first-order chi connectivity index (χ1) is 3.30. The quantitative estimate of drug-likeness (QED) is 0.467. The maximum absolute atomic E-state index is 8.87. The van der Waals surface area contributed by atoms with Crippen molar-refractivity contribution < 1.29 is 9.84 Å². The van der Waals surface area contributed by atoms with Gasteiger partial charge in [0.15, 0.2) is 0 Å². The maximum Gasteiger partial charge on any atom is 0.0821 e. The summed E-state index contributed by atoms with van der Waals surface area (Å²) in [4.78, 5) is 0. The third-order valence-electron chi connectivity index (χ3n) is 1.33. The van der Waals surface area contributed by atoms with Gasteiger partial charge < -0.3 is 9.84 Å². The van der Waals surface area contributed by atoms with Crippen LogP contribution < -0.4 is 0 Å². The number of ether oxygens (including phenoxy) is 1. The molecule has 1 heterocycles. The number of hydrogen-bond acceptors (Lipinski definition) is 2. The van der Waals surface area contributed by atoms with Crippen LogP contribution >= 0.6 is 0 Å². The van der Waals surface area contributed by atoms with Gasteiger partial charge in [0.05, 0.1) is 19.3 Å². The Morgan fingerprint density at radius 3 is 2.43 bits per heavy atom. The molecular formula is C5H10O2. The highest BCUT2D eigenvalue weighted by molar-refractivity contribution is 4.68. The summed E-state index contributed by atoms with van der Waals surface area (Å²) in [5.74, 6) is 0.347. The van der Waals surface area contributed by atoms with E-state index in [4.69, 9.17) is 9.84 Å². The zero-order chi connectivity index (χ0) is 5.28. The Bertz CT molecular complexity index is 55.1. The lowest BCUT2D eigenvalue weighted by Gasteiger charge is -2.00. The Kier molecular flexibility index (Phi) is 1.30. The Morgan fingerprint density at radius 1 is 1.57 bits per heavy atom. The van der Waals surface area contributed by atoms with E-state index in [9.17, 15) is 0 Å². The van der Waals surface area contributed by atoms with E-state index >= 15 is 0 Å². The number of rotatable bonds is 0. The van der Waals surface area contributed by atoms with Gasteiger partial charge in [-0.3, -0.25) is 0 Å². The van der Waals surface area contributed by atoms with Crippen molar-refractivity contribution in [2.45, 2.75) is 13.0 Å². The zero-order valence-corrected chi connectivity index (χ0v) is 4.42. The van der Waals surface area contributed by atoms with Gasteiger partial charge in [-0.25, -0.2) is 0 Å². The minimum Gasteiger partial charge on any atom is -0.390 e. The summed E-state index contributed by atoms with van der Waals surface area (Å²) in [5, 5.41) is 8.87. The van der Waals surface area contributed by atoms with Gasteiger partial charge >= 0.3 is 0 Å². The van der Waals surface area contributed by atoms with Crippen LogP contribution in [0.5, 0.6) is 0 Å². The molecule has 2 atom stereocenters. The van der Waals surface area contributed by atoms with Crippen molar-refractivity contribution in [1.82, 2.24) is 0 Å². The van der Waals surface area contributed by atoms with Gasteiger partial charge in [0.25, 0.3) is 0 Å². The summed E-state index contributed by atoms with van der Waals surface area (Å²) >= 11 is 0. The van der Waals surface area contributed by atoms with E-state index in [1.165, 1.54) is 0 Å². The summed E-state index contributed by atoms with van der Waals surface area (Å²) in [6.07, 6.45) is -0.208. The fraction of sp³-hybridized carbons (Fsp3) is 1.00. The van der Waals surface area contributed by atoms with Crippen LogP contribution in [0.1, 0.15) is 6.92 Å². The lowest BCUT2D eigenvalue weighted by Crippen LogP contribution is -2.13. The average Bonchev–Trinajstić information content (AvgIpc) is 1.91. The first-order valence-corrected chi connectivity index (χ1v) is 2.56. The largest absolute Gasteiger partial charge is 0.390 e. The Hall–Kier alpha value is -0.0800. The normalized spacial score (nSPS) is 42.0. The predicted molar refractivity (Wildman–Crippen MR) is 26.0 cm³/mol. The van der Waals surface area contributed by atoms with Crippen molar-refractivity contribution >= 4 is 0 Å². The highest BCUT2D eigenvalue weighted by atomic mass is 16.5. The molecule has 0 aromatic heterocycles. The van der Waals surface area contributed by atoms with Crippen LogP contribution in [0.2, 0.25) is 0 Å². The molecule has 0 aromatic rings. The minimum absolute atomic E-state index is 0.208. The van der Waals surface area contributed by atoms with Gasteiger partial charge in [-0.05, 0) is 0 Å². The standard InChI is InChI=1S/C5H10O2/c1-4-2-7-3-5(4)6/h4-6H,2-3H2,1H3/t4-,5?/m1/s1. The Labute approximate surface area is 43.1 Å². The molecular weight excluding hydrogens is 92.1 g/mol. The molecule has 0 aliphatic carbocycles. The third-order valence-corrected chi connectivity index (χ3v) is 1.33. The molecule has 0 radical (unpaired) electrons. The zero-order valence-electron chi connectivity index (χ0n) is 4.42. The topological polar surface area (TPSA) is 29.5 Å². The second kappa shape index (κ2) is 1.80. The molecule has 1 rings (SSSR count). The lowest BCUT2D eigenvalue weighted by molar-refractivity contribution is 0.120. The molecule has 1 unspecified atom stereocenters. The first kappa shape index (κ1) is 5.06. The monoisotopic (exact) mass is 102 g/mol. The van der Waals surface area contributed by atoms with E-state index in [0.717, 1.165) is 6.61 Å². The molecule has 42 valence electrons. The fourth-order valence-electron chi connectivity index (χ4n) is 0.650. The summed E-state index contributed by atoms with van der Waals surface area (Å²) in [6, 6.07) is 0. The van der Waals surface area contributed by atoms with Crippen LogP contribution in [-0.2, 0) is 4.74 Å². The molecule has 0 spiro atoms. The molecule has 1 saturated heterocycles. The van der Waals surface area contributed by atoms with Crippen molar-refractivity contribution in [3.63, 3.8) is 0 Å². The van der Waals surface area contributed by atoms with Crippen molar-refractivity contribution in [1.29, 1.82) is 0 Å². The lowest BCUT2D eigenvalue weighted by atomic mass is 10.1. The van der Waals surface area contributed by atoms with E-state index in [1.54, 1.807) is 0 Å². The highest BCUT2D eigenvalue weighted by Crippen LogP contribution is 2.10. The van der Waals surface area contributed by atoms with E-state index in [2.05, 4.69) is 0 Å². The van der Waals surface area contributed by atoms with Crippen molar-refractivity contribution in [2.24, 2.45) is 5.92 Å². The number of hydrogen-bond donors (Lipinski definition) is 1. The Morgan fingerprint density at radius 2 is 2.29 bits per heavy atom. The fourth-order valence-corrected chi connectivity index (χ4v) is 0.650. The second-order valence-corrected chi connectivity index (χ2v) is 2.08. The van der Waals surface area contributed by atoms with Gasteiger partial charge in [0, 0.05) is 5.92 Å². The molecule has 0 aromatic carbocycles. The van der Waals surface area contributed by atoms with Crippen molar-refractivity contribution in [2.75, 3.05) is 13.2 Å². The van der Waals surface area contributed by atoms with E-state index in [0.29, 0.717) is 12.5 Å². The summed E-state index contributed by atoms with van der Waals surface area (Å²) in [5.41, 5.74) is 0.